The molecule has 0 bridgehead atoms. The van der Waals surface area contributed by atoms with E-state index in [0.717, 1.165) is 49.3 Å². The topological polar surface area (TPSA) is 44.4 Å². The summed E-state index contributed by atoms with van der Waals surface area (Å²) in [6.45, 7) is 8.11. The average Bonchev–Trinajstić information content (AvgIpc) is 3.11. The average molecular weight is 410 g/mol. The maximum atomic E-state index is 12.0. The summed E-state index contributed by atoms with van der Waals surface area (Å²) < 4.78 is 0. The van der Waals surface area contributed by atoms with Crippen LogP contribution in [-0.2, 0) is 11.2 Å². The van der Waals surface area contributed by atoms with Crippen molar-refractivity contribution < 1.29 is 4.79 Å². The Morgan fingerprint density at radius 1 is 1.17 bits per heavy atom. The summed E-state index contributed by atoms with van der Waals surface area (Å²) in [5, 5.41) is 7.16. The molecule has 3 rings (SSSR count). The zero-order valence-corrected chi connectivity index (χ0v) is 18.4. The second kappa shape index (κ2) is 9.88. The Hall–Kier alpha value is -2.40. The van der Waals surface area contributed by atoms with E-state index < -0.39 is 0 Å². The fourth-order valence-corrected chi connectivity index (χ4v) is 3.90. The monoisotopic (exact) mass is 409 g/mol. The van der Waals surface area contributed by atoms with Crippen LogP contribution in [0.3, 0.4) is 0 Å². The van der Waals surface area contributed by atoms with Crippen LogP contribution in [0.4, 0.5) is 11.4 Å². The first-order chi connectivity index (χ1) is 13.9. The highest BCUT2D eigenvalue weighted by atomic mass is 32.1. The molecule has 0 atom stereocenters. The van der Waals surface area contributed by atoms with Crippen molar-refractivity contribution in [3.63, 3.8) is 0 Å². The van der Waals surface area contributed by atoms with Gasteiger partial charge in [0.2, 0.25) is 5.91 Å². The number of aryl methyl sites for hydroxylation is 2. The molecule has 154 valence electrons. The second-order valence-electron chi connectivity index (χ2n) is 8.03. The number of carbonyl (C=O) groups is 1. The number of anilines is 2. The molecule has 2 aromatic carbocycles. The van der Waals surface area contributed by atoms with Gasteiger partial charge in [0.05, 0.1) is 0 Å². The highest BCUT2D eigenvalue weighted by Crippen LogP contribution is 2.27. The van der Waals surface area contributed by atoms with Crippen LogP contribution in [0.2, 0.25) is 0 Å². The lowest BCUT2D eigenvalue weighted by Crippen LogP contribution is -2.29. The number of hydrogen-bond acceptors (Lipinski definition) is 2. The zero-order valence-electron chi connectivity index (χ0n) is 17.6. The minimum Gasteiger partial charge on any atom is -0.362 e. The van der Waals surface area contributed by atoms with Crippen LogP contribution in [-0.4, -0.2) is 24.1 Å². The summed E-state index contributed by atoms with van der Waals surface area (Å²) >= 11 is 5.43. The Kier molecular flexibility index (Phi) is 7.26. The SMILES string of the molecule is Cc1cc(NC(=S)NCCCc2ccc(C(C)C)cc2)ccc1N1CCCC1=O. The Balaban J connectivity index is 1.43. The third kappa shape index (κ3) is 5.80. The van der Waals surface area contributed by atoms with Crippen molar-refractivity contribution in [2.45, 2.75) is 52.4 Å². The van der Waals surface area contributed by atoms with Gasteiger partial charge in [0.15, 0.2) is 5.11 Å². The van der Waals surface area contributed by atoms with E-state index in [0.29, 0.717) is 17.5 Å². The molecule has 4 nitrogen and oxygen atoms in total. The van der Waals surface area contributed by atoms with E-state index in [1.165, 1.54) is 11.1 Å². The van der Waals surface area contributed by atoms with Gasteiger partial charge < -0.3 is 15.5 Å². The van der Waals surface area contributed by atoms with E-state index >= 15 is 0 Å². The summed E-state index contributed by atoms with van der Waals surface area (Å²) in [5.41, 5.74) is 5.77. The third-order valence-corrected chi connectivity index (χ3v) is 5.64. The fourth-order valence-electron chi connectivity index (χ4n) is 3.68. The van der Waals surface area contributed by atoms with Crippen molar-refractivity contribution in [1.82, 2.24) is 5.32 Å². The van der Waals surface area contributed by atoms with Gasteiger partial charge in [-0.25, -0.2) is 0 Å². The molecule has 1 heterocycles. The van der Waals surface area contributed by atoms with Crippen LogP contribution in [0, 0.1) is 6.92 Å². The number of rotatable bonds is 7. The largest absolute Gasteiger partial charge is 0.362 e. The van der Waals surface area contributed by atoms with E-state index in [2.05, 4.69) is 48.7 Å². The number of nitrogens with one attached hydrogen (secondary N) is 2. The van der Waals surface area contributed by atoms with Gasteiger partial charge in [0.1, 0.15) is 0 Å². The van der Waals surface area contributed by atoms with E-state index in [9.17, 15) is 4.79 Å². The van der Waals surface area contributed by atoms with Crippen LogP contribution in [0.1, 0.15) is 55.7 Å². The lowest BCUT2D eigenvalue weighted by atomic mass is 10.0. The first kappa shape index (κ1) is 21.3. The van der Waals surface area contributed by atoms with Crippen LogP contribution < -0.4 is 15.5 Å². The summed E-state index contributed by atoms with van der Waals surface area (Å²) in [6.07, 6.45) is 3.65. The van der Waals surface area contributed by atoms with Crippen molar-refractivity contribution in [2.24, 2.45) is 0 Å². The van der Waals surface area contributed by atoms with Gasteiger partial charge in [-0.1, -0.05) is 38.1 Å². The lowest BCUT2D eigenvalue weighted by Gasteiger charge is -2.19. The maximum Gasteiger partial charge on any atom is 0.227 e. The molecule has 5 heteroatoms. The van der Waals surface area contributed by atoms with Crippen LogP contribution in [0.5, 0.6) is 0 Å². The highest BCUT2D eigenvalue weighted by molar-refractivity contribution is 7.80. The molecule has 1 amide bonds. The van der Waals surface area contributed by atoms with Crippen LogP contribution in [0.25, 0.3) is 0 Å². The number of nitrogens with zero attached hydrogens (tertiary/aromatic N) is 1. The predicted molar refractivity (Wildman–Crippen MR) is 126 cm³/mol. The van der Waals surface area contributed by atoms with Gasteiger partial charge in [-0.15, -0.1) is 0 Å². The van der Waals surface area contributed by atoms with Gasteiger partial charge in [-0.2, -0.15) is 0 Å². The van der Waals surface area contributed by atoms with Crippen molar-refractivity contribution >= 4 is 34.6 Å². The minimum atomic E-state index is 0.213. The molecule has 1 aliphatic rings. The Morgan fingerprint density at radius 3 is 2.55 bits per heavy atom. The Morgan fingerprint density at radius 2 is 1.93 bits per heavy atom. The summed E-state index contributed by atoms with van der Waals surface area (Å²) in [6, 6.07) is 14.9. The Labute approximate surface area is 179 Å². The number of hydrogen-bond donors (Lipinski definition) is 2. The van der Waals surface area contributed by atoms with Crippen LogP contribution in [0.15, 0.2) is 42.5 Å². The fraction of sp³-hybridized carbons (Fsp3) is 0.417. The number of benzene rings is 2. The molecule has 1 fully saturated rings. The van der Waals surface area contributed by atoms with Crippen LogP contribution >= 0.6 is 12.2 Å². The van der Waals surface area contributed by atoms with E-state index in [1.807, 2.05) is 30.0 Å². The summed E-state index contributed by atoms with van der Waals surface area (Å²) in [7, 11) is 0. The van der Waals surface area contributed by atoms with Gasteiger partial charge in [-0.05, 0) is 79.2 Å². The minimum absolute atomic E-state index is 0.213. The molecule has 0 aliphatic carbocycles. The lowest BCUT2D eigenvalue weighted by molar-refractivity contribution is -0.117. The first-order valence-corrected chi connectivity index (χ1v) is 10.9. The van der Waals surface area contributed by atoms with Crippen molar-refractivity contribution in [3.05, 3.63) is 59.2 Å². The molecule has 0 aromatic heterocycles. The van der Waals surface area contributed by atoms with Gasteiger partial charge in [0, 0.05) is 30.9 Å². The number of carbonyl (C=O) groups excluding carboxylic acids is 1. The molecule has 2 N–H and O–H groups in total. The van der Waals surface area contributed by atoms with Gasteiger partial charge in [-0.3, -0.25) is 4.79 Å². The molecule has 2 aromatic rings. The predicted octanol–water partition coefficient (Wildman–Crippen LogP) is 5.16. The van der Waals surface area contributed by atoms with Gasteiger partial charge in [0.25, 0.3) is 0 Å². The molecule has 29 heavy (non-hydrogen) atoms. The standard InChI is InChI=1S/C24H31N3OS/c1-17(2)20-10-8-19(9-11-20)6-4-14-25-24(29)26-21-12-13-22(18(3)16-21)27-15-5-7-23(27)28/h8-13,16-17H,4-7,14-15H2,1-3H3,(H2,25,26,29). The molecule has 0 saturated carbocycles. The quantitative estimate of drug-likeness (QED) is 0.489. The summed E-state index contributed by atoms with van der Waals surface area (Å²) in [4.78, 5) is 13.8. The van der Waals surface area contributed by atoms with E-state index in [4.69, 9.17) is 12.2 Å². The molecule has 1 aliphatic heterocycles. The maximum absolute atomic E-state index is 12.0. The van der Waals surface area contributed by atoms with Crippen molar-refractivity contribution in [2.75, 3.05) is 23.3 Å². The highest BCUT2D eigenvalue weighted by Gasteiger charge is 2.22. The van der Waals surface area contributed by atoms with Crippen molar-refractivity contribution in [3.8, 4) is 0 Å². The smallest absolute Gasteiger partial charge is 0.227 e. The summed E-state index contributed by atoms with van der Waals surface area (Å²) in [5.74, 6) is 0.785. The Bertz CT molecular complexity index is 861. The molecule has 1 saturated heterocycles. The molecular weight excluding hydrogens is 378 g/mol. The number of thiocarbonyl (C=S) groups is 1. The first-order valence-electron chi connectivity index (χ1n) is 10.5. The van der Waals surface area contributed by atoms with Gasteiger partial charge >= 0.3 is 0 Å². The van der Waals surface area contributed by atoms with Crippen molar-refractivity contribution in [1.29, 1.82) is 0 Å². The second-order valence-corrected chi connectivity index (χ2v) is 8.44. The molecule has 0 unspecified atom stereocenters. The molecular formula is C24H31N3OS. The third-order valence-electron chi connectivity index (χ3n) is 5.39. The van der Waals surface area contributed by atoms with E-state index in [1.54, 1.807) is 0 Å². The zero-order chi connectivity index (χ0) is 20.8. The molecule has 0 spiro atoms. The normalized spacial score (nSPS) is 13.8. The van der Waals surface area contributed by atoms with E-state index in [-0.39, 0.29) is 5.91 Å². The molecule has 0 radical (unpaired) electrons. The number of amides is 1.